The summed E-state index contributed by atoms with van der Waals surface area (Å²) in [4.78, 5) is -1.43. The van der Waals surface area contributed by atoms with Gasteiger partial charge in [-0.05, 0) is 47.2 Å². The van der Waals surface area contributed by atoms with Crippen molar-refractivity contribution in [1.82, 2.24) is 0 Å². The average molecular weight is 703 g/mol. The molecular weight excluding hydrogens is 678 g/mol. The maximum atomic E-state index is 12.5. The Bertz CT molecular complexity index is 2300. The van der Waals surface area contributed by atoms with E-state index in [1.807, 2.05) is 24.3 Å². The van der Waals surface area contributed by atoms with Crippen LogP contribution in [0.3, 0.4) is 0 Å². The molecule has 4 N–H and O–H groups in total. The molecule has 16 heteroatoms. The molecule has 0 atom stereocenters. The van der Waals surface area contributed by atoms with Gasteiger partial charge in [0.2, 0.25) is 0 Å². The molecule has 0 aliphatic rings. The van der Waals surface area contributed by atoms with Gasteiger partial charge in [0.25, 0.3) is 20.2 Å². The summed E-state index contributed by atoms with van der Waals surface area (Å²) in [5, 5.41) is 39.7. The van der Waals surface area contributed by atoms with Gasteiger partial charge in [0.1, 0.15) is 32.7 Å². The number of azo groups is 2. The molecule has 0 bridgehead atoms. The van der Waals surface area contributed by atoms with E-state index in [1.54, 1.807) is 36.4 Å². The molecular formula is C32H24N4Na2O8S2. The number of phenols is 2. The van der Waals surface area contributed by atoms with Crippen molar-refractivity contribution in [3.63, 3.8) is 0 Å². The fourth-order valence-corrected chi connectivity index (χ4v) is 6.38. The van der Waals surface area contributed by atoms with E-state index in [4.69, 9.17) is 0 Å². The molecule has 48 heavy (non-hydrogen) atoms. The molecule has 6 rings (SSSR count). The third-order valence-electron chi connectivity index (χ3n) is 7.07. The molecule has 234 valence electrons. The number of phenolic OH excluding ortho intramolecular Hbond substituents is 2. The van der Waals surface area contributed by atoms with Crippen LogP contribution >= 0.6 is 0 Å². The maximum absolute atomic E-state index is 12.5. The number of fused-ring (bicyclic) bond motifs is 2. The monoisotopic (exact) mass is 702 g/mol. The zero-order valence-electron chi connectivity index (χ0n) is 23.4. The van der Waals surface area contributed by atoms with Crippen molar-refractivity contribution in [3.8, 4) is 22.6 Å². The Labute approximate surface area is 319 Å². The van der Waals surface area contributed by atoms with Gasteiger partial charge in [-0.2, -0.15) is 27.1 Å². The number of hydrogen-bond acceptors (Lipinski definition) is 10. The minimum absolute atomic E-state index is 0. The van der Waals surface area contributed by atoms with E-state index in [2.05, 4.69) is 20.5 Å². The van der Waals surface area contributed by atoms with Crippen LogP contribution in [0.2, 0.25) is 0 Å². The van der Waals surface area contributed by atoms with Gasteiger partial charge in [-0.3, -0.25) is 9.11 Å². The van der Waals surface area contributed by atoms with E-state index >= 15 is 0 Å². The zero-order chi connectivity index (χ0) is 32.6. The van der Waals surface area contributed by atoms with E-state index in [1.165, 1.54) is 36.4 Å². The van der Waals surface area contributed by atoms with Gasteiger partial charge < -0.3 is 10.2 Å². The predicted octanol–water partition coefficient (Wildman–Crippen LogP) is 7.10. The Morgan fingerprint density at radius 3 is 1.21 bits per heavy atom. The molecule has 0 saturated carbocycles. The quantitative estimate of drug-likeness (QED) is 0.0767. The molecule has 0 unspecified atom stereocenters. The first-order valence-corrected chi connectivity index (χ1v) is 16.3. The van der Waals surface area contributed by atoms with Crippen LogP contribution in [0.5, 0.6) is 11.5 Å². The molecule has 0 saturated heterocycles. The third kappa shape index (κ3) is 7.84. The van der Waals surface area contributed by atoms with E-state index < -0.39 is 30.0 Å². The summed E-state index contributed by atoms with van der Waals surface area (Å²) in [6, 6.07) is 27.4. The molecule has 12 nitrogen and oxygen atoms in total. The summed E-state index contributed by atoms with van der Waals surface area (Å²) in [5.41, 5.74) is -0.360. The average Bonchev–Trinajstić information content (AvgIpc) is 3.03. The van der Waals surface area contributed by atoms with Crippen molar-refractivity contribution in [2.24, 2.45) is 20.5 Å². The van der Waals surface area contributed by atoms with Crippen LogP contribution < -0.4 is 0 Å². The van der Waals surface area contributed by atoms with Crippen LogP contribution in [0.25, 0.3) is 32.7 Å². The van der Waals surface area contributed by atoms with Crippen molar-refractivity contribution in [2.75, 3.05) is 0 Å². The fourth-order valence-electron chi connectivity index (χ4n) is 4.93. The Morgan fingerprint density at radius 1 is 0.458 bits per heavy atom. The first-order chi connectivity index (χ1) is 21.9. The zero-order valence-corrected chi connectivity index (χ0v) is 25.1. The molecule has 6 aromatic rings. The number of hydrogen-bond donors (Lipinski definition) is 4. The van der Waals surface area contributed by atoms with Crippen molar-refractivity contribution < 1.29 is 36.2 Å². The SMILES string of the molecule is O=S(=O)(O)c1cc(N=Nc2c(O)ccc3ccccc23)ccc1-c1ccc(N=Nc2c(O)ccc3ccccc23)cc1S(=O)(=O)O.[NaH].[NaH]. The van der Waals surface area contributed by atoms with Crippen LogP contribution in [-0.4, -0.2) is 95.3 Å². The molecule has 0 aliphatic heterocycles. The van der Waals surface area contributed by atoms with Crippen LogP contribution in [-0.2, 0) is 20.2 Å². The predicted molar refractivity (Wildman–Crippen MR) is 185 cm³/mol. The summed E-state index contributed by atoms with van der Waals surface area (Å²) >= 11 is 0. The number of benzene rings is 6. The van der Waals surface area contributed by atoms with Crippen LogP contribution in [0.4, 0.5) is 22.7 Å². The summed E-state index contributed by atoms with van der Waals surface area (Å²) in [5.74, 6) is -0.334. The van der Waals surface area contributed by atoms with E-state index in [-0.39, 0.29) is 104 Å². The molecule has 0 fully saturated rings. The number of rotatable bonds is 7. The second-order valence-electron chi connectivity index (χ2n) is 10.0. The van der Waals surface area contributed by atoms with Gasteiger partial charge in [-0.15, -0.1) is 10.2 Å². The molecule has 6 aromatic carbocycles. The summed E-state index contributed by atoms with van der Waals surface area (Å²) in [6.45, 7) is 0. The standard InChI is InChI=1S/C32H22N4O8S2.2Na.2H/c37-27-15-9-19-5-1-3-7-23(19)31(27)35-33-21-11-13-25(29(17-21)45(39,40)41)26-14-12-22(18-30(26)46(42,43)44)34-36-32-24-8-4-2-6-20(24)10-16-28(32)38;;;;/h1-18,37-38H,(H,39,40,41)(H,42,43,44);;;;. The van der Waals surface area contributed by atoms with Gasteiger partial charge in [0.05, 0.1) is 11.4 Å². The van der Waals surface area contributed by atoms with Gasteiger partial charge in [0, 0.05) is 21.9 Å². The first kappa shape index (κ1) is 37.3. The van der Waals surface area contributed by atoms with Crippen molar-refractivity contribution >= 4 is 124 Å². The summed E-state index contributed by atoms with van der Waals surface area (Å²) < 4.78 is 70.1. The molecule has 0 aliphatic carbocycles. The molecule has 0 amide bonds. The Hall–Kier alpha value is -3.54. The molecule has 0 radical (unpaired) electrons. The second-order valence-corrected chi connectivity index (χ2v) is 12.8. The van der Waals surface area contributed by atoms with E-state index in [9.17, 15) is 36.2 Å². The minimum atomic E-state index is -4.97. The van der Waals surface area contributed by atoms with Crippen LogP contribution in [0, 0.1) is 0 Å². The number of aromatic hydroxyl groups is 2. The van der Waals surface area contributed by atoms with Crippen molar-refractivity contribution in [2.45, 2.75) is 9.79 Å². The third-order valence-corrected chi connectivity index (χ3v) is 8.85. The van der Waals surface area contributed by atoms with Crippen LogP contribution in [0.15, 0.2) is 139 Å². The second kappa shape index (κ2) is 14.9. The first-order valence-electron chi connectivity index (χ1n) is 13.4. The normalized spacial score (nSPS) is 12.0. The van der Waals surface area contributed by atoms with Gasteiger partial charge in [-0.1, -0.05) is 72.8 Å². The Balaban J connectivity index is 0.00000260. The van der Waals surface area contributed by atoms with E-state index in [0.717, 1.165) is 22.9 Å². The number of nitrogens with zero attached hydrogens (tertiary/aromatic N) is 4. The van der Waals surface area contributed by atoms with Gasteiger partial charge >= 0.3 is 59.1 Å². The summed E-state index contributed by atoms with van der Waals surface area (Å²) in [7, 11) is -9.94. The fraction of sp³-hybridized carbons (Fsp3) is 0. The summed E-state index contributed by atoms with van der Waals surface area (Å²) in [6.07, 6.45) is 0. The van der Waals surface area contributed by atoms with E-state index in [0.29, 0.717) is 10.8 Å². The molecule has 0 heterocycles. The Kier molecular flexibility index (Phi) is 11.6. The van der Waals surface area contributed by atoms with Crippen molar-refractivity contribution in [1.29, 1.82) is 0 Å². The molecule has 0 aromatic heterocycles. The van der Waals surface area contributed by atoms with Gasteiger partial charge in [0.15, 0.2) is 0 Å². The topological polar surface area (TPSA) is 199 Å². The van der Waals surface area contributed by atoms with Crippen molar-refractivity contribution in [3.05, 3.63) is 109 Å². The Morgan fingerprint density at radius 2 is 0.833 bits per heavy atom. The molecule has 0 spiro atoms. The van der Waals surface area contributed by atoms with Gasteiger partial charge in [-0.25, -0.2) is 0 Å². The van der Waals surface area contributed by atoms with Crippen LogP contribution in [0.1, 0.15) is 0 Å².